The molecule has 5 heteroatoms. The average Bonchev–Trinajstić information content (AvgIpc) is 3.18. The molecule has 2 aromatic rings. The van der Waals surface area contributed by atoms with Crippen molar-refractivity contribution in [3.63, 3.8) is 0 Å². The van der Waals surface area contributed by atoms with E-state index in [-0.39, 0.29) is 18.0 Å². The van der Waals surface area contributed by atoms with Gasteiger partial charge in [-0.05, 0) is 37.5 Å². The monoisotopic (exact) mass is 393 g/mol. The molecular weight excluding hydrogens is 362 g/mol. The second-order valence-electron chi connectivity index (χ2n) is 8.13. The lowest BCUT2D eigenvalue weighted by atomic mass is 10.0. The number of morpholine rings is 1. The third-order valence-corrected chi connectivity index (χ3v) is 6.00. The number of hydrogen-bond donors (Lipinski definition) is 1. The van der Waals surface area contributed by atoms with Gasteiger partial charge >= 0.3 is 0 Å². The first-order valence-electron chi connectivity index (χ1n) is 10.6. The molecular formula is C24H31N3O2. The molecule has 1 saturated heterocycles. The summed E-state index contributed by atoms with van der Waals surface area (Å²) in [5.41, 5.74) is 4.79. The van der Waals surface area contributed by atoms with Crippen LogP contribution in [-0.4, -0.2) is 56.2 Å². The molecule has 1 N–H and O–H groups in total. The molecule has 0 bridgehead atoms. The fraction of sp³-hybridized carbons (Fsp3) is 0.458. The Labute approximate surface area is 173 Å². The molecule has 0 aliphatic carbocycles. The average molecular weight is 394 g/mol. The van der Waals surface area contributed by atoms with Crippen molar-refractivity contribution in [3.05, 3.63) is 65.2 Å². The molecule has 0 saturated carbocycles. The smallest absolute Gasteiger partial charge is 0.243 e. The van der Waals surface area contributed by atoms with Gasteiger partial charge in [-0.3, -0.25) is 15.0 Å². The lowest BCUT2D eigenvalue weighted by molar-refractivity contribution is -0.120. The Balaban J connectivity index is 1.48. The van der Waals surface area contributed by atoms with E-state index < -0.39 is 0 Å². The van der Waals surface area contributed by atoms with E-state index in [1.54, 1.807) is 0 Å². The lowest BCUT2D eigenvalue weighted by Crippen LogP contribution is -2.49. The van der Waals surface area contributed by atoms with Crippen LogP contribution >= 0.6 is 0 Å². The molecule has 1 fully saturated rings. The molecule has 5 nitrogen and oxygen atoms in total. The van der Waals surface area contributed by atoms with Gasteiger partial charge in [0, 0.05) is 37.9 Å². The number of ether oxygens (including phenoxy) is 1. The van der Waals surface area contributed by atoms with Crippen molar-refractivity contribution in [2.45, 2.75) is 32.4 Å². The zero-order chi connectivity index (χ0) is 20.2. The highest BCUT2D eigenvalue weighted by Crippen LogP contribution is 2.28. The number of rotatable bonds is 6. The molecule has 0 spiro atoms. The number of para-hydroxylation sites is 1. The summed E-state index contributed by atoms with van der Waals surface area (Å²) in [6.07, 6.45) is 0.934. The summed E-state index contributed by atoms with van der Waals surface area (Å²) in [6.45, 7) is 9.16. The van der Waals surface area contributed by atoms with Gasteiger partial charge in [-0.2, -0.15) is 0 Å². The Morgan fingerprint density at radius 3 is 2.55 bits per heavy atom. The predicted molar refractivity (Wildman–Crippen MR) is 116 cm³/mol. The van der Waals surface area contributed by atoms with Gasteiger partial charge in [0.1, 0.15) is 0 Å². The second-order valence-corrected chi connectivity index (χ2v) is 8.13. The molecule has 2 heterocycles. The van der Waals surface area contributed by atoms with Crippen molar-refractivity contribution in [2.75, 3.05) is 44.3 Å². The minimum atomic E-state index is -0.256. The quantitative estimate of drug-likeness (QED) is 0.820. The van der Waals surface area contributed by atoms with Crippen LogP contribution in [0.2, 0.25) is 0 Å². The van der Waals surface area contributed by atoms with E-state index in [4.69, 9.17) is 4.74 Å². The van der Waals surface area contributed by atoms with Crippen LogP contribution in [0.15, 0.2) is 48.5 Å². The lowest BCUT2D eigenvalue weighted by Gasteiger charge is -2.33. The molecule has 154 valence electrons. The Bertz CT molecular complexity index is 830. The third-order valence-electron chi connectivity index (χ3n) is 6.00. The van der Waals surface area contributed by atoms with Crippen molar-refractivity contribution in [2.24, 2.45) is 0 Å². The fourth-order valence-corrected chi connectivity index (χ4v) is 4.27. The zero-order valence-electron chi connectivity index (χ0n) is 17.4. The van der Waals surface area contributed by atoms with Gasteiger partial charge in [-0.15, -0.1) is 0 Å². The van der Waals surface area contributed by atoms with Crippen LogP contribution in [0.1, 0.15) is 29.7 Å². The first-order valence-corrected chi connectivity index (χ1v) is 10.6. The predicted octanol–water partition coefficient (Wildman–Crippen LogP) is 2.94. The maximum atomic E-state index is 13.3. The summed E-state index contributed by atoms with van der Waals surface area (Å²) in [5.74, 6) is 0.147. The van der Waals surface area contributed by atoms with Crippen LogP contribution in [0.4, 0.5) is 5.69 Å². The molecule has 2 aromatic carbocycles. The second kappa shape index (κ2) is 9.08. The zero-order valence-corrected chi connectivity index (χ0v) is 17.4. The Morgan fingerprint density at radius 2 is 1.79 bits per heavy atom. The summed E-state index contributed by atoms with van der Waals surface area (Å²) < 4.78 is 5.50. The van der Waals surface area contributed by atoms with Crippen LogP contribution < -0.4 is 10.2 Å². The SMILES string of the molecule is Cc1ccc([C@@H](CN2CCOCC2)N[C@H](C)C(=O)N2CCc3ccccc32)cc1. The Kier molecular flexibility index (Phi) is 6.28. The van der Waals surface area contributed by atoms with E-state index >= 15 is 0 Å². The number of carbonyl (C=O) groups is 1. The molecule has 0 aromatic heterocycles. The van der Waals surface area contributed by atoms with E-state index in [1.807, 2.05) is 24.0 Å². The summed E-state index contributed by atoms with van der Waals surface area (Å²) in [4.78, 5) is 17.6. The van der Waals surface area contributed by atoms with Crippen molar-refractivity contribution in [1.29, 1.82) is 0 Å². The largest absolute Gasteiger partial charge is 0.379 e. The van der Waals surface area contributed by atoms with Crippen LogP contribution in [0.5, 0.6) is 0 Å². The summed E-state index contributed by atoms with van der Waals surface area (Å²) in [7, 11) is 0. The van der Waals surface area contributed by atoms with E-state index in [1.165, 1.54) is 16.7 Å². The van der Waals surface area contributed by atoms with Gasteiger partial charge in [0.25, 0.3) is 0 Å². The third kappa shape index (κ3) is 4.69. The number of nitrogens with zero attached hydrogens (tertiary/aromatic N) is 2. The summed E-state index contributed by atoms with van der Waals surface area (Å²) >= 11 is 0. The number of aryl methyl sites for hydroxylation is 1. The maximum absolute atomic E-state index is 13.3. The van der Waals surface area contributed by atoms with Crippen LogP contribution in [0.3, 0.4) is 0 Å². The molecule has 0 unspecified atom stereocenters. The van der Waals surface area contributed by atoms with Crippen LogP contribution in [0.25, 0.3) is 0 Å². The maximum Gasteiger partial charge on any atom is 0.243 e. The highest BCUT2D eigenvalue weighted by atomic mass is 16.5. The number of hydrogen-bond acceptors (Lipinski definition) is 4. The molecule has 4 rings (SSSR count). The Hall–Kier alpha value is -2.21. The standard InChI is InChI=1S/C24H31N3O2/c1-18-7-9-20(10-8-18)22(17-26-13-15-29-16-14-26)25-19(2)24(28)27-12-11-21-5-3-4-6-23(21)27/h3-10,19,22,25H,11-17H2,1-2H3/t19-,22-/m1/s1. The van der Waals surface area contributed by atoms with Gasteiger partial charge in [0.15, 0.2) is 0 Å². The van der Waals surface area contributed by atoms with Crippen molar-refractivity contribution >= 4 is 11.6 Å². The molecule has 2 aliphatic heterocycles. The van der Waals surface area contributed by atoms with E-state index in [0.717, 1.165) is 51.5 Å². The van der Waals surface area contributed by atoms with E-state index in [9.17, 15) is 4.79 Å². The van der Waals surface area contributed by atoms with Gasteiger partial charge in [0.05, 0.1) is 19.3 Å². The first kappa shape index (κ1) is 20.1. The number of nitrogens with one attached hydrogen (secondary N) is 1. The van der Waals surface area contributed by atoms with Gasteiger partial charge < -0.3 is 9.64 Å². The number of benzene rings is 2. The van der Waals surface area contributed by atoms with E-state index in [2.05, 4.69) is 53.5 Å². The minimum Gasteiger partial charge on any atom is -0.379 e. The van der Waals surface area contributed by atoms with Gasteiger partial charge in [-0.1, -0.05) is 48.0 Å². The molecule has 2 aliphatic rings. The number of carbonyl (C=O) groups excluding carboxylic acids is 1. The fourth-order valence-electron chi connectivity index (χ4n) is 4.27. The Morgan fingerprint density at radius 1 is 1.07 bits per heavy atom. The van der Waals surface area contributed by atoms with Crippen LogP contribution in [-0.2, 0) is 16.0 Å². The highest BCUT2D eigenvalue weighted by Gasteiger charge is 2.29. The van der Waals surface area contributed by atoms with Crippen molar-refractivity contribution < 1.29 is 9.53 Å². The van der Waals surface area contributed by atoms with Crippen molar-refractivity contribution in [3.8, 4) is 0 Å². The van der Waals surface area contributed by atoms with Crippen LogP contribution in [0, 0.1) is 6.92 Å². The summed E-state index contributed by atoms with van der Waals surface area (Å²) in [6, 6.07) is 16.7. The number of anilines is 1. The first-order chi connectivity index (χ1) is 14.1. The topological polar surface area (TPSA) is 44.8 Å². The normalized spacial score (nSPS) is 19.0. The summed E-state index contributed by atoms with van der Waals surface area (Å²) in [5, 5.41) is 3.63. The van der Waals surface area contributed by atoms with Gasteiger partial charge in [-0.25, -0.2) is 0 Å². The van der Waals surface area contributed by atoms with Crippen molar-refractivity contribution in [1.82, 2.24) is 10.2 Å². The molecule has 2 atom stereocenters. The minimum absolute atomic E-state index is 0.102. The molecule has 1 amide bonds. The number of fused-ring (bicyclic) bond motifs is 1. The number of amides is 1. The highest BCUT2D eigenvalue weighted by molar-refractivity contribution is 5.98. The molecule has 0 radical (unpaired) electrons. The van der Waals surface area contributed by atoms with Gasteiger partial charge in [0.2, 0.25) is 5.91 Å². The molecule has 29 heavy (non-hydrogen) atoms. The van der Waals surface area contributed by atoms with E-state index in [0.29, 0.717) is 0 Å².